The number of ether oxygens (including phenoxy) is 2. The SMILES string of the molecule is COc1cccc(Oc2ccc(NC(=O)N(C)CCN(C)C)cc2)c1. The van der Waals surface area contributed by atoms with Crippen molar-refractivity contribution in [2.45, 2.75) is 0 Å². The lowest BCUT2D eigenvalue weighted by molar-refractivity contribution is 0.217. The molecule has 0 radical (unpaired) electrons. The zero-order chi connectivity index (χ0) is 18.2. The van der Waals surface area contributed by atoms with Gasteiger partial charge in [-0.3, -0.25) is 0 Å². The van der Waals surface area contributed by atoms with Crippen molar-refractivity contribution >= 4 is 11.7 Å². The summed E-state index contributed by atoms with van der Waals surface area (Å²) in [6.45, 7) is 1.48. The van der Waals surface area contributed by atoms with Gasteiger partial charge < -0.3 is 24.6 Å². The lowest BCUT2D eigenvalue weighted by Gasteiger charge is -2.20. The molecule has 1 N–H and O–H groups in total. The van der Waals surface area contributed by atoms with Gasteiger partial charge in [-0.15, -0.1) is 0 Å². The van der Waals surface area contributed by atoms with Crippen LogP contribution < -0.4 is 14.8 Å². The average molecular weight is 343 g/mol. The van der Waals surface area contributed by atoms with Crippen LogP contribution in [0.3, 0.4) is 0 Å². The van der Waals surface area contributed by atoms with Gasteiger partial charge in [0.05, 0.1) is 7.11 Å². The Labute approximate surface area is 149 Å². The maximum Gasteiger partial charge on any atom is 0.321 e. The van der Waals surface area contributed by atoms with Gasteiger partial charge in [-0.05, 0) is 50.5 Å². The molecule has 6 nitrogen and oxygen atoms in total. The number of anilines is 1. The molecule has 2 rings (SSSR count). The first-order valence-electron chi connectivity index (χ1n) is 8.07. The van der Waals surface area contributed by atoms with Gasteiger partial charge in [-0.1, -0.05) is 6.07 Å². The maximum atomic E-state index is 12.1. The highest BCUT2D eigenvalue weighted by Crippen LogP contribution is 2.26. The van der Waals surface area contributed by atoms with Gasteiger partial charge in [-0.25, -0.2) is 4.79 Å². The van der Waals surface area contributed by atoms with E-state index in [1.54, 1.807) is 19.1 Å². The van der Waals surface area contributed by atoms with Crippen molar-refractivity contribution in [3.05, 3.63) is 48.5 Å². The summed E-state index contributed by atoms with van der Waals surface area (Å²) >= 11 is 0. The van der Waals surface area contributed by atoms with Crippen molar-refractivity contribution < 1.29 is 14.3 Å². The second-order valence-corrected chi connectivity index (χ2v) is 5.96. The number of likely N-dealkylation sites (N-methyl/N-ethyl adjacent to an activating group) is 2. The lowest BCUT2D eigenvalue weighted by atomic mass is 10.3. The summed E-state index contributed by atoms with van der Waals surface area (Å²) < 4.78 is 11.0. The number of nitrogens with one attached hydrogen (secondary N) is 1. The molecular formula is C19H25N3O3. The summed E-state index contributed by atoms with van der Waals surface area (Å²) in [6.07, 6.45) is 0. The van der Waals surface area contributed by atoms with Crippen LogP contribution in [0.5, 0.6) is 17.2 Å². The fraction of sp³-hybridized carbons (Fsp3) is 0.316. The first-order chi connectivity index (χ1) is 12.0. The monoisotopic (exact) mass is 343 g/mol. The summed E-state index contributed by atoms with van der Waals surface area (Å²) in [7, 11) is 7.35. The second-order valence-electron chi connectivity index (χ2n) is 5.96. The summed E-state index contributed by atoms with van der Waals surface area (Å²) in [6, 6.07) is 14.5. The van der Waals surface area contributed by atoms with E-state index in [0.29, 0.717) is 18.0 Å². The van der Waals surface area contributed by atoms with Crippen LogP contribution >= 0.6 is 0 Å². The number of carbonyl (C=O) groups excluding carboxylic acids is 1. The Morgan fingerprint density at radius 3 is 2.28 bits per heavy atom. The maximum absolute atomic E-state index is 12.1. The van der Waals surface area contributed by atoms with Crippen molar-refractivity contribution in [1.82, 2.24) is 9.80 Å². The van der Waals surface area contributed by atoms with E-state index in [2.05, 4.69) is 5.32 Å². The Bertz CT molecular complexity index is 687. The molecule has 0 bridgehead atoms. The molecule has 0 atom stereocenters. The van der Waals surface area contributed by atoms with E-state index in [-0.39, 0.29) is 6.03 Å². The number of carbonyl (C=O) groups is 1. The third-order valence-corrected chi connectivity index (χ3v) is 3.61. The van der Waals surface area contributed by atoms with Crippen LogP contribution in [0.4, 0.5) is 10.5 Å². The molecule has 0 spiro atoms. The number of hydrogen-bond donors (Lipinski definition) is 1. The van der Waals surface area contributed by atoms with E-state index in [1.807, 2.05) is 67.5 Å². The minimum atomic E-state index is -0.136. The summed E-state index contributed by atoms with van der Waals surface area (Å²) in [4.78, 5) is 15.8. The average Bonchev–Trinajstić information content (AvgIpc) is 2.61. The fourth-order valence-corrected chi connectivity index (χ4v) is 2.08. The van der Waals surface area contributed by atoms with Crippen LogP contribution in [0, 0.1) is 0 Å². The first kappa shape index (κ1) is 18.6. The molecule has 2 aromatic carbocycles. The normalized spacial score (nSPS) is 10.4. The quantitative estimate of drug-likeness (QED) is 0.836. The second kappa shape index (κ2) is 8.94. The number of methoxy groups -OCH3 is 1. The number of urea groups is 1. The highest BCUT2D eigenvalue weighted by Gasteiger charge is 2.09. The number of hydrogen-bond acceptors (Lipinski definition) is 4. The molecule has 0 aliphatic rings. The van der Waals surface area contributed by atoms with Crippen molar-refractivity contribution in [3.8, 4) is 17.2 Å². The molecule has 0 fully saturated rings. The molecule has 0 heterocycles. The van der Waals surface area contributed by atoms with Gasteiger partial charge >= 0.3 is 6.03 Å². The zero-order valence-corrected chi connectivity index (χ0v) is 15.2. The minimum Gasteiger partial charge on any atom is -0.497 e. The Hall–Kier alpha value is -2.73. The molecule has 0 aliphatic carbocycles. The number of amides is 2. The lowest BCUT2D eigenvalue weighted by Crippen LogP contribution is -2.36. The molecule has 0 aliphatic heterocycles. The van der Waals surface area contributed by atoms with Crippen LogP contribution in [0.15, 0.2) is 48.5 Å². The van der Waals surface area contributed by atoms with Crippen LogP contribution in [-0.2, 0) is 0 Å². The van der Waals surface area contributed by atoms with E-state index in [9.17, 15) is 4.79 Å². The van der Waals surface area contributed by atoms with Crippen molar-refractivity contribution in [2.24, 2.45) is 0 Å². The topological polar surface area (TPSA) is 54.0 Å². The van der Waals surface area contributed by atoms with Crippen LogP contribution in [0.25, 0.3) is 0 Å². The van der Waals surface area contributed by atoms with Crippen molar-refractivity contribution in [2.75, 3.05) is 46.7 Å². The molecule has 2 aromatic rings. The molecule has 0 saturated heterocycles. The molecule has 0 unspecified atom stereocenters. The van der Waals surface area contributed by atoms with Crippen LogP contribution in [0.1, 0.15) is 0 Å². The minimum absolute atomic E-state index is 0.136. The van der Waals surface area contributed by atoms with Gasteiger partial charge in [0.1, 0.15) is 17.2 Å². The van der Waals surface area contributed by atoms with E-state index in [4.69, 9.17) is 9.47 Å². The molecule has 25 heavy (non-hydrogen) atoms. The third kappa shape index (κ3) is 6.00. The predicted octanol–water partition coefficient (Wildman–Crippen LogP) is 3.51. The summed E-state index contributed by atoms with van der Waals surface area (Å²) in [5.41, 5.74) is 0.722. The number of benzene rings is 2. The third-order valence-electron chi connectivity index (χ3n) is 3.61. The Kier molecular flexibility index (Phi) is 6.65. The molecule has 2 amide bonds. The Morgan fingerprint density at radius 1 is 0.960 bits per heavy atom. The number of nitrogens with zero attached hydrogens (tertiary/aromatic N) is 2. The van der Waals surface area contributed by atoms with E-state index in [0.717, 1.165) is 18.0 Å². The summed E-state index contributed by atoms with van der Waals surface area (Å²) in [5, 5.41) is 2.87. The smallest absolute Gasteiger partial charge is 0.321 e. The van der Waals surface area contributed by atoms with Crippen molar-refractivity contribution in [3.63, 3.8) is 0 Å². The predicted molar refractivity (Wildman–Crippen MR) is 99.7 cm³/mol. The Balaban J connectivity index is 1.91. The largest absolute Gasteiger partial charge is 0.497 e. The summed E-state index contributed by atoms with van der Waals surface area (Å²) in [5.74, 6) is 2.12. The van der Waals surface area contributed by atoms with Gasteiger partial charge in [0.2, 0.25) is 0 Å². The standard InChI is InChI=1S/C19H25N3O3/c1-21(2)12-13-22(3)19(23)20-15-8-10-16(11-9-15)25-18-7-5-6-17(14-18)24-4/h5-11,14H,12-13H2,1-4H3,(H,20,23). The highest BCUT2D eigenvalue weighted by molar-refractivity contribution is 5.89. The van der Waals surface area contributed by atoms with Crippen LogP contribution in [-0.4, -0.2) is 57.2 Å². The van der Waals surface area contributed by atoms with E-state index in [1.165, 1.54) is 0 Å². The van der Waals surface area contributed by atoms with E-state index < -0.39 is 0 Å². The van der Waals surface area contributed by atoms with Gasteiger partial charge in [0, 0.05) is 31.9 Å². The molecule has 0 saturated carbocycles. The molecule has 134 valence electrons. The van der Waals surface area contributed by atoms with Gasteiger partial charge in [0.15, 0.2) is 0 Å². The van der Waals surface area contributed by atoms with Crippen LogP contribution in [0.2, 0.25) is 0 Å². The Morgan fingerprint density at radius 2 is 1.64 bits per heavy atom. The van der Waals surface area contributed by atoms with E-state index >= 15 is 0 Å². The zero-order valence-electron chi connectivity index (χ0n) is 15.2. The molecular weight excluding hydrogens is 318 g/mol. The van der Waals surface area contributed by atoms with Gasteiger partial charge in [0.25, 0.3) is 0 Å². The molecule has 6 heteroatoms. The molecule has 0 aromatic heterocycles. The number of rotatable bonds is 7. The van der Waals surface area contributed by atoms with Crippen molar-refractivity contribution in [1.29, 1.82) is 0 Å². The first-order valence-corrected chi connectivity index (χ1v) is 8.07. The fourth-order valence-electron chi connectivity index (χ4n) is 2.08. The van der Waals surface area contributed by atoms with Gasteiger partial charge in [-0.2, -0.15) is 0 Å². The highest BCUT2D eigenvalue weighted by atomic mass is 16.5.